The monoisotopic (exact) mass is 299 g/mol. The van der Waals surface area contributed by atoms with E-state index in [1.165, 1.54) is 0 Å². The van der Waals surface area contributed by atoms with E-state index in [2.05, 4.69) is 27.7 Å². The number of hydrogen-bond donors (Lipinski definition) is 1. The molecule has 1 heterocycles. The van der Waals surface area contributed by atoms with Gasteiger partial charge >= 0.3 is 0 Å². The first kappa shape index (κ1) is 9.51. The van der Waals surface area contributed by atoms with Gasteiger partial charge in [-0.3, -0.25) is 0 Å². The zero-order valence-electron chi connectivity index (χ0n) is 7.74. The summed E-state index contributed by atoms with van der Waals surface area (Å²) in [5.41, 5.74) is 7.80. The first-order chi connectivity index (χ1) is 6.68. The minimum atomic E-state index is 0.673. The van der Waals surface area contributed by atoms with Crippen molar-refractivity contribution in [3.8, 4) is 5.69 Å². The minimum Gasteiger partial charge on any atom is -0.384 e. The van der Waals surface area contributed by atoms with Crippen molar-refractivity contribution in [1.29, 1.82) is 0 Å². The number of halogens is 1. The summed E-state index contributed by atoms with van der Waals surface area (Å²) in [5, 5.41) is 4.33. The van der Waals surface area contributed by atoms with Crippen molar-refractivity contribution in [1.82, 2.24) is 9.78 Å². The molecule has 0 amide bonds. The van der Waals surface area contributed by atoms with Crippen LogP contribution >= 0.6 is 22.6 Å². The lowest BCUT2D eigenvalue weighted by Crippen LogP contribution is -2.03. The summed E-state index contributed by atoms with van der Waals surface area (Å²) in [6.45, 7) is 1.93. The van der Waals surface area contributed by atoms with Gasteiger partial charge in [-0.25, -0.2) is 4.68 Å². The van der Waals surface area contributed by atoms with Crippen LogP contribution in [-0.4, -0.2) is 9.78 Å². The van der Waals surface area contributed by atoms with Gasteiger partial charge in [0, 0.05) is 9.64 Å². The Balaban J connectivity index is 2.60. The quantitative estimate of drug-likeness (QED) is 0.822. The molecule has 0 unspecified atom stereocenters. The van der Waals surface area contributed by atoms with Gasteiger partial charge in [0.25, 0.3) is 0 Å². The molecule has 1 aromatic carbocycles. The molecule has 1 aromatic heterocycles. The summed E-state index contributed by atoms with van der Waals surface area (Å²) < 4.78 is 2.90. The largest absolute Gasteiger partial charge is 0.384 e. The normalized spacial score (nSPS) is 10.4. The maximum atomic E-state index is 5.84. The fourth-order valence-corrected chi connectivity index (χ4v) is 1.95. The summed E-state index contributed by atoms with van der Waals surface area (Å²) in [4.78, 5) is 0. The summed E-state index contributed by atoms with van der Waals surface area (Å²) >= 11 is 2.27. The molecule has 0 radical (unpaired) electrons. The van der Waals surface area contributed by atoms with Crippen molar-refractivity contribution in [3.05, 3.63) is 39.6 Å². The number of para-hydroxylation sites is 1. The Labute approximate surface area is 96.1 Å². The molecule has 3 nitrogen and oxygen atoms in total. The van der Waals surface area contributed by atoms with Crippen molar-refractivity contribution in [3.63, 3.8) is 0 Å². The van der Waals surface area contributed by atoms with E-state index in [0.29, 0.717) is 5.82 Å². The molecule has 0 fully saturated rings. The van der Waals surface area contributed by atoms with E-state index in [1.54, 1.807) is 4.68 Å². The second-order valence-corrected chi connectivity index (χ2v) is 4.24. The lowest BCUT2D eigenvalue weighted by Gasteiger charge is -2.05. The predicted molar refractivity (Wildman–Crippen MR) is 65.4 cm³/mol. The van der Waals surface area contributed by atoms with E-state index in [1.807, 2.05) is 37.3 Å². The van der Waals surface area contributed by atoms with Gasteiger partial charge in [0.15, 0.2) is 0 Å². The Hall–Kier alpha value is -1.04. The number of benzene rings is 1. The molecule has 2 aromatic rings. The highest BCUT2D eigenvalue weighted by molar-refractivity contribution is 14.1. The number of nitrogens with two attached hydrogens (primary N) is 1. The number of aryl methyl sites for hydroxylation is 1. The van der Waals surface area contributed by atoms with Gasteiger partial charge in [0.05, 0.1) is 11.4 Å². The molecule has 0 saturated carbocycles. The molecular weight excluding hydrogens is 289 g/mol. The summed E-state index contributed by atoms with van der Waals surface area (Å²) in [5.74, 6) is 0.673. The average Bonchev–Trinajstić information content (AvgIpc) is 2.46. The van der Waals surface area contributed by atoms with Crippen LogP contribution in [0.4, 0.5) is 5.82 Å². The maximum absolute atomic E-state index is 5.84. The Kier molecular flexibility index (Phi) is 2.45. The fraction of sp³-hybridized carbons (Fsp3) is 0.100. The fourth-order valence-electron chi connectivity index (χ4n) is 1.34. The third kappa shape index (κ3) is 1.61. The molecule has 2 rings (SSSR count). The second kappa shape index (κ2) is 3.61. The van der Waals surface area contributed by atoms with Crippen LogP contribution in [0.3, 0.4) is 0 Å². The zero-order chi connectivity index (χ0) is 10.1. The zero-order valence-corrected chi connectivity index (χ0v) is 9.89. The topological polar surface area (TPSA) is 43.8 Å². The van der Waals surface area contributed by atoms with Gasteiger partial charge in [-0.15, -0.1) is 0 Å². The van der Waals surface area contributed by atoms with Crippen LogP contribution < -0.4 is 5.73 Å². The SMILES string of the molecule is Cc1cc(N)n(-c2ccccc2I)n1. The van der Waals surface area contributed by atoms with Crippen LogP contribution in [0.2, 0.25) is 0 Å². The molecule has 0 bridgehead atoms. The molecule has 0 saturated heterocycles. The smallest absolute Gasteiger partial charge is 0.127 e. The molecular formula is C10H10IN3. The number of nitrogen functional groups attached to an aromatic ring is 1. The van der Waals surface area contributed by atoms with Gasteiger partial charge < -0.3 is 5.73 Å². The van der Waals surface area contributed by atoms with Crippen molar-refractivity contribution < 1.29 is 0 Å². The molecule has 72 valence electrons. The van der Waals surface area contributed by atoms with E-state index in [9.17, 15) is 0 Å². The van der Waals surface area contributed by atoms with Crippen LogP contribution in [0.5, 0.6) is 0 Å². The van der Waals surface area contributed by atoms with Gasteiger partial charge in [-0.1, -0.05) is 12.1 Å². The van der Waals surface area contributed by atoms with Crippen LogP contribution in [0.15, 0.2) is 30.3 Å². The highest BCUT2D eigenvalue weighted by atomic mass is 127. The van der Waals surface area contributed by atoms with Crippen molar-refractivity contribution in [2.24, 2.45) is 0 Å². The molecule has 0 aliphatic heterocycles. The molecule has 0 aliphatic carbocycles. The third-order valence-electron chi connectivity index (χ3n) is 1.94. The van der Waals surface area contributed by atoms with Crippen molar-refractivity contribution >= 4 is 28.4 Å². The molecule has 0 atom stereocenters. The van der Waals surface area contributed by atoms with Crippen LogP contribution in [-0.2, 0) is 0 Å². The van der Waals surface area contributed by atoms with E-state index < -0.39 is 0 Å². The molecule has 0 spiro atoms. The Morgan fingerprint density at radius 2 is 2.07 bits per heavy atom. The lowest BCUT2D eigenvalue weighted by atomic mass is 10.3. The maximum Gasteiger partial charge on any atom is 0.127 e. The van der Waals surface area contributed by atoms with Gasteiger partial charge in [-0.05, 0) is 41.6 Å². The lowest BCUT2D eigenvalue weighted by molar-refractivity contribution is 0.868. The summed E-state index contributed by atoms with van der Waals surface area (Å²) in [7, 11) is 0. The minimum absolute atomic E-state index is 0.673. The summed E-state index contributed by atoms with van der Waals surface area (Å²) in [6, 6.07) is 9.88. The van der Waals surface area contributed by atoms with Crippen LogP contribution in [0.1, 0.15) is 5.69 Å². The third-order valence-corrected chi connectivity index (χ3v) is 2.85. The predicted octanol–water partition coefficient (Wildman–Crippen LogP) is 2.37. The molecule has 0 aliphatic rings. The number of hydrogen-bond acceptors (Lipinski definition) is 2. The Morgan fingerprint density at radius 3 is 2.64 bits per heavy atom. The van der Waals surface area contributed by atoms with E-state index in [0.717, 1.165) is 15.0 Å². The molecule has 14 heavy (non-hydrogen) atoms. The average molecular weight is 299 g/mol. The highest BCUT2D eigenvalue weighted by Crippen LogP contribution is 2.19. The van der Waals surface area contributed by atoms with Crippen LogP contribution in [0.25, 0.3) is 5.69 Å². The van der Waals surface area contributed by atoms with Gasteiger partial charge in [-0.2, -0.15) is 5.10 Å². The van der Waals surface area contributed by atoms with Gasteiger partial charge in [0.1, 0.15) is 5.82 Å². The van der Waals surface area contributed by atoms with Crippen molar-refractivity contribution in [2.45, 2.75) is 6.92 Å². The second-order valence-electron chi connectivity index (χ2n) is 3.07. The number of nitrogens with zero attached hydrogens (tertiary/aromatic N) is 2. The summed E-state index contributed by atoms with van der Waals surface area (Å²) in [6.07, 6.45) is 0. The molecule has 2 N–H and O–H groups in total. The van der Waals surface area contributed by atoms with Crippen molar-refractivity contribution in [2.75, 3.05) is 5.73 Å². The first-order valence-electron chi connectivity index (χ1n) is 4.25. The standard InChI is InChI=1S/C10H10IN3/c1-7-6-10(12)14(13-7)9-5-3-2-4-8(9)11/h2-6H,12H2,1H3. The van der Waals surface area contributed by atoms with E-state index in [4.69, 9.17) is 5.73 Å². The van der Waals surface area contributed by atoms with E-state index >= 15 is 0 Å². The highest BCUT2D eigenvalue weighted by Gasteiger charge is 2.06. The number of aromatic nitrogens is 2. The number of rotatable bonds is 1. The molecule has 4 heteroatoms. The Bertz CT molecular complexity index is 462. The van der Waals surface area contributed by atoms with Gasteiger partial charge in [0.2, 0.25) is 0 Å². The van der Waals surface area contributed by atoms with Crippen LogP contribution in [0, 0.1) is 10.5 Å². The first-order valence-corrected chi connectivity index (χ1v) is 5.33. The number of anilines is 1. The van der Waals surface area contributed by atoms with E-state index in [-0.39, 0.29) is 0 Å². The Morgan fingerprint density at radius 1 is 1.36 bits per heavy atom.